The summed E-state index contributed by atoms with van der Waals surface area (Å²) in [5.41, 5.74) is 0. The van der Waals surface area contributed by atoms with E-state index < -0.39 is 13.9 Å². The van der Waals surface area contributed by atoms with E-state index in [0.717, 1.165) is 83.5 Å². The Hall–Kier alpha value is -2.06. The Morgan fingerprint density at radius 2 is 0.951 bits per heavy atom. The standard InChI is InChI=1S/C52H94NO7P/c1-6-8-10-12-14-16-18-20-22-24-26-28-30-32-34-36-38-40-42-44-47-57-49-51(50-59-61(55,56)58-48-46-53(3,4)5)60-52(54)45-43-41-39-37-35-33-31-29-27-25-23-21-19-17-15-13-11-9-7-2/h8,10,14,16,20-23,26,28,32,34,51H,6-7,9,11-13,15,17-19,24-25,27,29-31,33,35-50H2,1-5H3/b10-8-,16-14-,22-20-,23-21-,28-26-,34-32-. The van der Waals surface area contributed by atoms with Crippen LogP contribution in [0.15, 0.2) is 72.9 Å². The molecule has 0 radical (unpaired) electrons. The molecule has 0 saturated heterocycles. The maximum absolute atomic E-state index is 12.7. The molecule has 2 atom stereocenters. The second-order valence-corrected chi connectivity index (χ2v) is 18.8. The molecule has 0 amide bonds. The van der Waals surface area contributed by atoms with Gasteiger partial charge >= 0.3 is 5.97 Å². The van der Waals surface area contributed by atoms with Gasteiger partial charge in [-0.3, -0.25) is 9.36 Å². The number of carbonyl (C=O) groups is 1. The van der Waals surface area contributed by atoms with Gasteiger partial charge in [0.25, 0.3) is 7.82 Å². The Kier molecular flexibility index (Phi) is 43.0. The molecule has 9 heteroatoms. The van der Waals surface area contributed by atoms with Crippen LogP contribution in [0, 0.1) is 0 Å². The van der Waals surface area contributed by atoms with E-state index in [1.54, 1.807) is 0 Å². The van der Waals surface area contributed by atoms with Gasteiger partial charge in [-0.2, -0.15) is 0 Å². The molecule has 0 aliphatic heterocycles. The Labute approximate surface area is 376 Å². The lowest BCUT2D eigenvalue weighted by Crippen LogP contribution is -2.37. The van der Waals surface area contributed by atoms with Crippen LogP contribution in [-0.4, -0.2) is 70.7 Å². The van der Waals surface area contributed by atoms with Crippen molar-refractivity contribution >= 4 is 13.8 Å². The number of hydrogen-bond acceptors (Lipinski definition) is 7. The molecule has 0 aromatic carbocycles. The molecule has 0 bridgehead atoms. The van der Waals surface area contributed by atoms with E-state index >= 15 is 0 Å². The van der Waals surface area contributed by atoms with Gasteiger partial charge in [0.2, 0.25) is 0 Å². The summed E-state index contributed by atoms with van der Waals surface area (Å²) in [6.07, 6.45) is 57.8. The van der Waals surface area contributed by atoms with Crippen LogP contribution < -0.4 is 4.89 Å². The number of ether oxygens (including phenoxy) is 2. The number of hydrogen-bond donors (Lipinski definition) is 0. The number of rotatable bonds is 45. The van der Waals surface area contributed by atoms with E-state index in [4.69, 9.17) is 18.5 Å². The van der Waals surface area contributed by atoms with Gasteiger partial charge in [-0.05, 0) is 83.5 Å². The number of phosphoric acid groups is 1. The van der Waals surface area contributed by atoms with Gasteiger partial charge in [-0.15, -0.1) is 0 Å². The summed E-state index contributed by atoms with van der Waals surface area (Å²) in [7, 11) is 1.33. The zero-order valence-corrected chi connectivity index (χ0v) is 41.0. The summed E-state index contributed by atoms with van der Waals surface area (Å²) < 4.78 is 34.7. The van der Waals surface area contributed by atoms with Crippen LogP contribution in [0.25, 0.3) is 0 Å². The van der Waals surface area contributed by atoms with Crippen molar-refractivity contribution in [1.82, 2.24) is 0 Å². The molecule has 0 aromatic heterocycles. The summed E-state index contributed by atoms with van der Waals surface area (Å²) in [5, 5.41) is 0. The van der Waals surface area contributed by atoms with Crippen molar-refractivity contribution in [3.05, 3.63) is 72.9 Å². The molecule has 0 N–H and O–H groups in total. The average Bonchev–Trinajstić information content (AvgIpc) is 3.22. The fraction of sp³-hybridized carbons (Fsp3) is 0.750. The van der Waals surface area contributed by atoms with Gasteiger partial charge in [0.1, 0.15) is 19.3 Å². The number of esters is 1. The number of phosphoric ester groups is 1. The van der Waals surface area contributed by atoms with Crippen LogP contribution in [0.5, 0.6) is 0 Å². The van der Waals surface area contributed by atoms with Gasteiger partial charge in [0, 0.05) is 13.0 Å². The predicted octanol–water partition coefficient (Wildman–Crippen LogP) is 14.4. The maximum Gasteiger partial charge on any atom is 0.306 e. The maximum atomic E-state index is 12.7. The van der Waals surface area contributed by atoms with Crippen LogP contribution in [0.3, 0.4) is 0 Å². The summed E-state index contributed by atoms with van der Waals surface area (Å²) in [6.45, 7) is 5.23. The van der Waals surface area contributed by atoms with Gasteiger partial charge in [0.05, 0.1) is 34.4 Å². The second-order valence-electron chi connectivity index (χ2n) is 17.4. The van der Waals surface area contributed by atoms with Crippen molar-refractivity contribution in [2.75, 3.05) is 54.1 Å². The third-order valence-corrected chi connectivity index (χ3v) is 11.2. The van der Waals surface area contributed by atoms with Crippen molar-refractivity contribution in [2.24, 2.45) is 0 Å². The first kappa shape index (κ1) is 58.9. The monoisotopic (exact) mass is 876 g/mol. The van der Waals surface area contributed by atoms with Crippen LogP contribution in [0.4, 0.5) is 0 Å². The number of unbranched alkanes of at least 4 members (excludes halogenated alkanes) is 19. The molecule has 0 aliphatic rings. The van der Waals surface area contributed by atoms with E-state index in [2.05, 4.69) is 86.8 Å². The van der Waals surface area contributed by atoms with Gasteiger partial charge in [-0.25, -0.2) is 0 Å². The number of nitrogens with zero attached hydrogens (tertiary/aromatic N) is 1. The predicted molar refractivity (Wildman–Crippen MR) is 259 cm³/mol. The van der Waals surface area contributed by atoms with Crippen LogP contribution >= 0.6 is 7.82 Å². The Balaban J connectivity index is 4.24. The summed E-state index contributed by atoms with van der Waals surface area (Å²) >= 11 is 0. The van der Waals surface area contributed by atoms with E-state index in [-0.39, 0.29) is 25.8 Å². The zero-order valence-electron chi connectivity index (χ0n) is 40.1. The molecule has 0 spiro atoms. The third-order valence-electron chi connectivity index (χ3n) is 10.2. The smallest absolute Gasteiger partial charge is 0.306 e. The first-order valence-electron chi connectivity index (χ1n) is 24.7. The topological polar surface area (TPSA) is 94.1 Å². The molecule has 0 aromatic rings. The molecule has 0 rings (SSSR count). The Morgan fingerprint density at radius 3 is 1.44 bits per heavy atom. The lowest BCUT2D eigenvalue weighted by atomic mass is 10.1. The zero-order chi connectivity index (χ0) is 44.8. The fourth-order valence-corrected chi connectivity index (χ4v) is 7.18. The highest BCUT2D eigenvalue weighted by atomic mass is 31.2. The normalized spacial score (nSPS) is 14.3. The van der Waals surface area contributed by atoms with E-state index in [1.165, 1.54) is 89.9 Å². The number of allylic oxidation sites excluding steroid dienone is 12. The number of carbonyl (C=O) groups excluding carboxylic acids is 1. The molecule has 0 aliphatic carbocycles. The van der Waals surface area contributed by atoms with Crippen molar-refractivity contribution in [3.8, 4) is 0 Å². The fourth-order valence-electron chi connectivity index (χ4n) is 6.45. The van der Waals surface area contributed by atoms with Gasteiger partial charge in [0.15, 0.2) is 0 Å². The van der Waals surface area contributed by atoms with E-state index in [9.17, 15) is 14.3 Å². The SMILES string of the molecule is CC/C=C\C/C=C\C/C=C\C/C=C\C/C=C\CCCCCCOCC(COP(=O)([O-])OCC[N+](C)(C)C)OC(=O)CCCCCCCCCCC/C=C\CCCCCCCC. The molecular weight excluding hydrogens is 782 g/mol. The Morgan fingerprint density at radius 1 is 0.525 bits per heavy atom. The molecule has 0 heterocycles. The van der Waals surface area contributed by atoms with E-state index in [0.29, 0.717) is 24.1 Å². The van der Waals surface area contributed by atoms with Crippen LogP contribution in [0.1, 0.15) is 194 Å². The molecular formula is C52H94NO7P. The molecule has 61 heavy (non-hydrogen) atoms. The summed E-state index contributed by atoms with van der Waals surface area (Å²) in [5.74, 6) is -0.347. The average molecular weight is 876 g/mol. The van der Waals surface area contributed by atoms with Crippen LogP contribution in [-0.2, 0) is 27.9 Å². The molecule has 2 unspecified atom stereocenters. The minimum Gasteiger partial charge on any atom is -0.756 e. The van der Waals surface area contributed by atoms with Crippen molar-refractivity contribution in [3.63, 3.8) is 0 Å². The summed E-state index contributed by atoms with van der Waals surface area (Å²) in [6, 6.07) is 0. The molecule has 354 valence electrons. The first-order valence-corrected chi connectivity index (χ1v) is 26.1. The van der Waals surface area contributed by atoms with Crippen molar-refractivity contribution in [1.29, 1.82) is 0 Å². The first-order chi connectivity index (χ1) is 29.6. The minimum atomic E-state index is -4.54. The van der Waals surface area contributed by atoms with Gasteiger partial charge in [-0.1, -0.05) is 177 Å². The van der Waals surface area contributed by atoms with Gasteiger partial charge < -0.3 is 27.9 Å². The quantitative estimate of drug-likeness (QED) is 0.0198. The lowest BCUT2D eigenvalue weighted by molar-refractivity contribution is -0.870. The highest BCUT2D eigenvalue weighted by Crippen LogP contribution is 2.38. The van der Waals surface area contributed by atoms with E-state index in [1.807, 2.05) is 21.1 Å². The highest BCUT2D eigenvalue weighted by molar-refractivity contribution is 7.45. The lowest BCUT2D eigenvalue weighted by Gasteiger charge is -2.28. The number of likely N-dealkylation sites (N-methyl/N-ethyl adjacent to an activating group) is 1. The molecule has 0 fully saturated rings. The largest absolute Gasteiger partial charge is 0.756 e. The molecule has 8 nitrogen and oxygen atoms in total. The minimum absolute atomic E-state index is 0.0172. The third kappa shape index (κ3) is 48.8. The van der Waals surface area contributed by atoms with Crippen molar-refractivity contribution < 1.29 is 37.3 Å². The summed E-state index contributed by atoms with van der Waals surface area (Å²) in [4.78, 5) is 25.1. The highest BCUT2D eigenvalue weighted by Gasteiger charge is 2.20. The second kappa shape index (κ2) is 44.5. The molecule has 0 saturated carbocycles. The van der Waals surface area contributed by atoms with Crippen LogP contribution in [0.2, 0.25) is 0 Å². The van der Waals surface area contributed by atoms with Crippen molar-refractivity contribution in [2.45, 2.75) is 200 Å². The Bertz CT molecular complexity index is 1200. The number of quaternary nitrogens is 1.